The van der Waals surface area contributed by atoms with Gasteiger partial charge in [0.15, 0.2) is 11.5 Å². The largest absolute Gasteiger partial charge is 0.486 e. The quantitative estimate of drug-likeness (QED) is 0.878. The fourth-order valence-corrected chi connectivity index (χ4v) is 2.66. The number of hydrogen-bond donors (Lipinski definition) is 2. The third-order valence-electron chi connectivity index (χ3n) is 3.52. The maximum atomic E-state index is 12.2. The average molecular weight is 297 g/mol. The zero-order chi connectivity index (χ0) is 13.9. The van der Waals surface area contributed by atoms with Gasteiger partial charge in [-0.05, 0) is 19.4 Å². The van der Waals surface area contributed by atoms with E-state index in [1.165, 1.54) is 0 Å². The van der Waals surface area contributed by atoms with Crippen LogP contribution in [-0.2, 0) is 4.79 Å². The molecule has 0 radical (unpaired) electrons. The predicted molar refractivity (Wildman–Crippen MR) is 76.7 cm³/mol. The number of carbonyl (C=O) groups is 1. The Bertz CT molecular complexity index is 515. The van der Waals surface area contributed by atoms with Crippen LogP contribution in [0.1, 0.15) is 19.3 Å². The average Bonchev–Trinajstić information content (AvgIpc) is 2.49. The molecular formula is C14H17ClN2O3. The second-order valence-electron chi connectivity index (χ2n) is 4.97. The van der Waals surface area contributed by atoms with Crippen molar-refractivity contribution < 1.29 is 14.3 Å². The van der Waals surface area contributed by atoms with Gasteiger partial charge in [-0.15, -0.1) is 0 Å². The minimum atomic E-state index is -0.145. The number of fused-ring (bicyclic) bond motifs is 1. The smallest absolute Gasteiger partial charge is 0.241 e. The van der Waals surface area contributed by atoms with Crippen LogP contribution in [-0.4, -0.2) is 31.7 Å². The summed E-state index contributed by atoms with van der Waals surface area (Å²) in [5, 5.41) is 6.53. The molecule has 1 fully saturated rings. The monoisotopic (exact) mass is 296 g/mol. The van der Waals surface area contributed by atoms with Crippen LogP contribution in [0.2, 0.25) is 5.02 Å². The second kappa shape index (κ2) is 5.89. The number of nitrogens with one attached hydrogen (secondary N) is 2. The maximum Gasteiger partial charge on any atom is 0.241 e. The highest BCUT2D eigenvalue weighted by atomic mass is 35.5. The van der Waals surface area contributed by atoms with Crippen LogP contribution in [0.4, 0.5) is 5.69 Å². The van der Waals surface area contributed by atoms with E-state index in [1.54, 1.807) is 12.1 Å². The van der Waals surface area contributed by atoms with Gasteiger partial charge in [-0.3, -0.25) is 4.79 Å². The molecule has 108 valence electrons. The van der Waals surface area contributed by atoms with Crippen LogP contribution in [0.25, 0.3) is 0 Å². The van der Waals surface area contributed by atoms with E-state index >= 15 is 0 Å². The summed E-state index contributed by atoms with van der Waals surface area (Å²) in [6.07, 6.45) is 3.04. The molecule has 0 aromatic heterocycles. The topological polar surface area (TPSA) is 59.6 Å². The van der Waals surface area contributed by atoms with E-state index in [-0.39, 0.29) is 11.9 Å². The third kappa shape index (κ3) is 2.83. The highest BCUT2D eigenvalue weighted by Gasteiger charge is 2.22. The normalized spacial score (nSPS) is 21.4. The number of rotatable bonds is 2. The van der Waals surface area contributed by atoms with Gasteiger partial charge in [-0.2, -0.15) is 0 Å². The van der Waals surface area contributed by atoms with Gasteiger partial charge in [0.25, 0.3) is 0 Å². The molecule has 2 aliphatic rings. The first kappa shape index (κ1) is 13.5. The van der Waals surface area contributed by atoms with E-state index in [9.17, 15) is 4.79 Å². The molecule has 3 rings (SSSR count). The fourth-order valence-electron chi connectivity index (χ4n) is 2.46. The lowest BCUT2D eigenvalue weighted by molar-refractivity contribution is -0.118. The van der Waals surface area contributed by atoms with E-state index in [2.05, 4.69) is 10.6 Å². The van der Waals surface area contributed by atoms with Crippen LogP contribution in [0.3, 0.4) is 0 Å². The van der Waals surface area contributed by atoms with Gasteiger partial charge < -0.3 is 20.1 Å². The molecule has 0 unspecified atom stereocenters. The lowest BCUT2D eigenvalue weighted by atomic mass is 10.0. The van der Waals surface area contributed by atoms with Crippen molar-refractivity contribution in [1.29, 1.82) is 0 Å². The molecule has 1 aromatic carbocycles. The lowest BCUT2D eigenvalue weighted by Crippen LogP contribution is -2.43. The van der Waals surface area contributed by atoms with Gasteiger partial charge in [-0.1, -0.05) is 18.0 Å². The SMILES string of the molecule is O=C(Nc1cc2c(cc1Cl)OCCO2)[C@@H]1CCCCN1. The van der Waals surface area contributed by atoms with E-state index in [4.69, 9.17) is 21.1 Å². The van der Waals surface area contributed by atoms with Crippen molar-refractivity contribution in [1.82, 2.24) is 5.32 Å². The van der Waals surface area contributed by atoms with E-state index in [1.807, 2.05) is 0 Å². The van der Waals surface area contributed by atoms with E-state index in [0.29, 0.717) is 35.4 Å². The molecule has 0 aliphatic carbocycles. The van der Waals surface area contributed by atoms with Gasteiger partial charge >= 0.3 is 0 Å². The van der Waals surface area contributed by atoms with E-state index in [0.717, 1.165) is 25.8 Å². The first-order valence-corrected chi connectivity index (χ1v) is 7.25. The molecule has 6 heteroatoms. The summed E-state index contributed by atoms with van der Waals surface area (Å²) in [6, 6.07) is 3.25. The Hall–Kier alpha value is -1.46. The highest BCUT2D eigenvalue weighted by Crippen LogP contribution is 2.38. The molecule has 5 nitrogen and oxygen atoms in total. The number of halogens is 1. The maximum absolute atomic E-state index is 12.2. The molecule has 1 atom stereocenters. The standard InChI is InChI=1S/C14H17ClN2O3/c15-9-7-12-13(20-6-5-19-12)8-11(9)17-14(18)10-3-1-2-4-16-10/h7-8,10,16H,1-6H2,(H,17,18)/t10-/m0/s1. The first-order chi connectivity index (χ1) is 9.74. The highest BCUT2D eigenvalue weighted by molar-refractivity contribution is 6.34. The Labute approximate surface area is 122 Å². The zero-order valence-corrected chi connectivity index (χ0v) is 11.8. The summed E-state index contributed by atoms with van der Waals surface area (Å²) >= 11 is 6.17. The van der Waals surface area contributed by atoms with Crippen molar-refractivity contribution in [3.05, 3.63) is 17.2 Å². The minimum Gasteiger partial charge on any atom is -0.486 e. The summed E-state index contributed by atoms with van der Waals surface area (Å²) in [4.78, 5) is 12.2. The van der Waals surface area contributed by atoms with Crippen molar-refractivity contribution in [2.45, 2.75) is 25.3 Å². The molecule has 20 heavy (non-hydrogen) atoms. The molecule has 0 bridgehead atoms. The molecule has 1 amide bonds. The number of hydrogen-bond acceptors (Lipinski definition) is 4. The number of benzene rings is 1. The number of amides is 1. The summed E-state index contributed by atoms with van der Waals surface area (Å²) in [5.74, 6) is 1.19. The van der Waals surface area contributed by atoms with Crippen LogP contribution < -0.4 is 20.1 Å². The summed E-state index contributed by atoms with van der Waals surface area (Å²) < 4.78 is 10.9. The zero-order valence-electron chi connectivity index (χ0n) is 11.1. The second-order valence-corrected chi connectivity index (χ2v) is 5.37. The Morgan fingerprint density at radius 2 is 2.00 bits per heavy atom. The molecule has 0 saturated carbocycles. The van der Waals surface area contributed by atoms with Crippen molar-refractivity contribution in [2.24, 2.45) is 0 Å². The van der Waals surface area contributed by atoms with Crippen molar-refractivity contribution in [3.63, 3.8) is 0 Å². The van der Waals surface area contributed by atoms with E-state index < -0.39 is 0 Å². The Balaban J connectivity index is 1.74. The van der Waals surface area contributed by atoms with Crippen molar-refractivity contribution in [3.8, 4) is 11.5 Å². The van der Waals surface area contributed by atoms with Gasteiger partial charge in [0.05, 0.1) is 16.8 Å². The number of piperidine rings is 1. The van der Waals surface area contributed by atoms with Gasteiger partial charge in [0.2, 0.25) is 5.91 Å². The number of ether oxygens (including phenoxy) is 2. The molecule has 2 N–H and O–H groups in total. The Morgan fingerprint density at radius 3 is 2.70 bits per heavy atom. The van der Waals surface area contributed by atoms with Gasteiger partial charge in [-0.25, -0.2) is 0 Å². The molecule has 1 aromatic rings. The van der Waals surface area contributed by atoms with Gasteiger partial charge in [0.1, 0.15) is 13.2 Å². The summed E-state index contributed by atoms with van der Waals surface area (Å²) in [7, 11) is 0. The molecule has 2 heterocycles. The Kier molecular flexibility index (Phi) is 3.98. The van der Waals surface area contributed by atoms with Crippen molar-refractivity contribution in [2.75, 3.05) is 25.1 Å². The van der Waals surface area contributed by atoms with Crippen LogP contribution >= 0.6 is 11.6 Å². The first-order valence-electron chi connectivity index (χ1n) is 6.87. The number of anilines is 1. The fraction of sp³-hybridized carbons (Fsp3) is 0.500. The summed E-state index contributed by atoms with van der Waals surface area (Å²) in [6.45, 7) is 1.90. The molecular weight excluding hydrogens is 280 g/mol. The van der Waals surface area contributed by atoms with Crippen LogP contribution in [0.15, 0.2) is 12.1 Å². The van der Waals surface area contributed by atoms with Gasteiger partial charge in [0, 0.05) is 12.1 Å². The Morgan fingerprint density at radius 1 is 1.25 bits per heavy atom. The number of carbonyl (C=O) groups excluding carboxylic acids is 1. The van der Waals surface area contributed by atoms with Crippen molar-refractivity contribution >= 4 is 23.2 Å². The lowest BCUT2D eigenvalue weighted by Gasteiger charge is -2.24. The van der Waals surface area contributed by atoms with Crippen LogP contribution in [0.5, 0.6) is 11.5 Å². The minimum absolute atomic E-state index is 0.0525. The summed E-state index contributed by atoms with van der Waals surface area (Å²) in [5.41, 5.74) is 0.563. The molecule has 1 saturated heterocycles. The molecule has 0 spiro atoms. The molecule has 2 aliphatic heterocycles. The third-order valence-corrected chi connectivity index (χ3v) is 3.83. The predicted octanol–water partition coefficient (Wildman–Crippen LogP) is 2.19. The van der Waals surface area contributed by atoms with Crippen LogP contribution in [0, 0.1) is 0 Å².